The highest BCUT2D eigenvalue weighted by molar-refractivity contribution is 5.98. The summed E-state index contributed by atoms with van der Waals surface area (Å²) < 4.78 is 5.30. The van der Waals surface area contributed by atoms with Crippen LogP contribution in [0.15, 0.2) is 23.4 Å². The Balaban J connectivity index is 2.29. The van der Waals surface area contributed by atoms with Crippen LogP contribution in [0.25, 0.3) is 0 Å². The van der Waals surface area contributed by atoms with E-state index in [0.717, 1.165) is 12.8 Å². The van der Waals surface area contributed by atoms with Gasteiger partial charge in [-0.05, 0) is 25.0 Å². The van der Waals surface area contributed by atoms with Crippen molar-refractivity contribution in [2.45, 2.75) is 18.9 Å². The highest BCUT2D eigenvalue weighted by atomic mass is 16.6. The Hall–Kier alpha value is -2.35. The summed E-state index contributed by atoms with van der Waals surface area (Å²) >= 11 is 0. The molecule has 0 bridgehead atoms. The van der Waals surface area contributed by atoms with Gasteiger partial charge in [-0.3, -0.25) is 10.1 Å². The number of nitrogens with zero attached hydrogens (tertiary/aromatic N) is 3. The van der Waals surface area contributed by atoms with E-state index in [1.165, 1.54) is 6.07 Å². The summed E-state index contributed by atoms with van der Waals surface area (Å²) in [6, 6.07) is 4.57. The number of hydrogen-bond acceptors (Lipinski definition) is 6. The van der Waals surface area contributed by atoms with Crippen molar-refractivity contribution in [3.05, 3.63) is 33.9 Å². The van der Waals surface area contributed by atoms with Crippen molar-refractivity contribution >= 4 is 17.2 Å². The maximum atomic E-state index is 11.3. The molecule has 0 aromatic heterocycles. The van der Waals surface area contributed by atoms with Crippen molar-refractivity contribution in [1.82, 2.24) is 0 Å². The number of rotatable bonds is 4. The van der Waals surface area contributed by atoms with E-state index >= 15 is 0 Å². The summed E-state index contributed by atoms with van der Waals surface area (Å²) in [4.78, 5) is 12.8. The van der Waals surface area contributed by atoms with Gasteiger partial charge in [-0.2, -0.15) is 0 Å². The first kappa shape index (κ1) is 15.0. The molecular formula is C13H18N4O4. The Morgan fingerprint density at radius 2 is 2.19 bits per heavy atom. The lowest BCUT2D eigenvalue weighted by Gasteiger charge is -2.32. The molecule has 1 saturated heterocycles. The van der Waals surface area contributed by atoms with Crippen LogP contribution in [0.1, 0.15) is 18.4 Å². The molecule has 1 fully saturated rings. The summed E-state index contributed by atoms with van der Waals surface area (Å²) in [5.74, 6) is -0.150. The molecule has 1 aliphatic heterocycles. The molecule has 1 aromatic carbocycles. The van der Waals surface area contributed by atoms with Gasteiger partial charge in [-0.25, -0.2) is 0 Å². The van der Waals surface area contributed by atoms with E-state index in [-0.39, 0.29) is 17.6 Å². The van der Waals surface area contributed by atoms with Crippen LogP contribution in [0.5, 0.6) is 0 Å². The minimum Gasteiger partial charge on any atom is -0.409 e. The Labute approximate surface area is 121 Å². The molecule has 1 aliphatic rings. The number of nitro groups is 1. The van der Waals surface area contributed by atoms with E-state index in [4.69, 9.17) is 15.7 Å². The molecule has 0 unspecified atom stereocenters. The molecule has 0 amide bonds. The first-order valence-corrected chi connectivity index (χ1v) is 6.61. The van der Waals surface area contributed by atoms with E-state index in [1.54, 1.807) is 19.2 Å². The third-order valence-electron chi connectivity index (χ3n) is 3.69. The first-order chi connectivity index (χ1) is 10.1. The van der Waals surface area contributed by atoms with Crippen LogP contribution in [0.3, 0.4) is 0 Å². The van der Waals surface area contributed by atoms with Crippen LogP contribution in [-0.2, 0) is 4.74 Å². The number of piperidine rings is 1. The maximum Gasteiger partial charge on any atom is 0.293 e. The van der Waals surface area contributed by atoms with Gasteiger partial charge in [0.05, 0.1) is 11.0 Å². The fourth-order valence-corrected chi connectivity index (χ4v) is 2.49. The fraction of sp³-hybridized carbons (Fsp3) is 0.462. The maximum absolute atomic E-state index is 11.3. The average Bonchev–Trinajstić information content (AvgIpc) is 2.53. The van der Waals surface area contributed by atoms with E-state index in [1.807, 2.05) is 4.90 Å². The predicted molar refractivity (Wildman–Crippen MR) is 77.9 cm³/mol. The summed E-state index contributed by atoms with van der Waals surface area (Å²) in [6.45, 7) is 1.39. The summed E-state index contributed by atoms with van der Waals surface area (Å²) in [5.41, 5.74) is 6.29. The topological polar surface area (TPSA) is 114 Å². The van der Waals surface area contributed by atoms with Crippen LogP contribution >= 0.6 is 0 Å². The molecule has 3 N–H and O–H groups in total. The van der Waals surface area contributed by atoms with Crippen LogP contribution in [-0.4, -0.2) is 42.3 Å². The number of oxime groups is 1. The number of benzene rings is 1. The lowest BCUT2D eigenvalue weighted by molar-refractivity contribution is -0.384. The number of anilines is 1. The van der Waals surface area contributed by atoms with E-state index in [9.17, 15) is 10.1 Å². The third-order valence-corrected chi connectivity index (χ3v) is 3.69. The van der Waals surface area contributed by atoms with Crippen LogP contribution in [0.4, 0.5) is 11.4 Å². The SMILES string of the molecule is COC1CCN(c2ccc(C(N)=NO)cc2[N+](=O)[O-])CC1. The second-order valence-electron chi connectivity index (χ2n) is 4.87. The number of hydrogen-bond donors (Lipinski definition) is 2. The van der Waals surface area contributed by atoms with Gasteiger partial charge >= 0.3 is 0 Å². The second-order valence-corrected chi connectivity index (χ2v) is 4.87. The van der Waals surface area contributed by atoms with Crippen molar-refractivity contribution in [3.8, 4) is 0 Å². The summed E-state index contributed by atoms with van der Waals surface area (Å²) in [6.07, 6.45) is 1.86. The molecule has 1 heterocycles. The van der Waals surface area contributed by atoms with Gasteiger partial charge in [0.1, 0.15) is 5.69 Å². The standard InChI is InChI=1S/C13H18N4O4/c1-21-10-4-6-16(7-5-10)11-3-2-9(13(14)15-18)8-12(11)17(19)20/h2-3,8,10,18H,4-7H2,1H3,(H2,14,15). The molecule has 0 spiro atoms. The Morgan fingerprint density at radius 3 is 2.71 bits per heavy atom. The van der Waals surface area contributed by atoms with Gasteiger partial charge in [-0.1, -0.05) is 5.16 Å². The molecule has 21 heavy (non-hydrogen) atoms. The number of nitro benzene ring substituents is 1. The van der Waals surface area contributed by atoms with Crippen molar-refractivity contribution in [2.75, 3.05) is 25.1 Å². The number of methoxy groups -OCH3 is 1. The van der Waals surface area contributed by atoms with Gasteiger partial charge in [0.15, 0.2) is 5.84 Å². The van der Waals surface area contributed by atoms with Crippen molar-refractivity contribution in [1.29, 1.82) is 0 Å². The smallest absolute Gasteiger partial charge is 0.293 e. The molecule has 1 aromatic rings. The lowest BCUT2D eigenvalue weighted by atomic mass is 10.1. The zero-order valence-electron chi connectivity index (χ0n) is 11.7. The minimum atomic E-state index is -0.452. The largest absolute Gasteiger partial charge is 0.409 e. The summed E-state index contributed by atoms with van der Waals surface area (Å²) in [7, 11) is 1.68. The van der Waals surface area contributed by atoms with Gasteiger partial charge < -0.3 is 20.6 Å². The highest BCUT2D eigenvalue weighted by Crippen LogP contribution is 2.31. The van der Waals surface area contributed by atoms with Crippen molar-refractivity contribution < 1.29 is 14.9 Å². The summed E-state index contributed by atoms with van der Waals surface area (Å²) in [5, 5.41) is 22.8. The second kappa shape index (κ2) is 6.40. The van der Waals surface area contributed by atoms with E-state index < -0.39 is 4.92 Å². The number of ether oxygens (including phenoxy) is 1. The molecule has 114 valence electrons. The Morgan fingerprint density at radius 1 is 1.52 bits per heavy atom. The average molecular weight is 294 g/mol. The molecular weight excluding hydrogens is 276 g/mol. The zero-order chi connectivity index (χ0) is 15.4. The monoisotopic (exact) mass is 294 g/mol. The minimum absolute atomic E-state index is 0.0463. The molecule has 0 saturated carbocycles. The molecule has 8 nitrogen and oxygen atoms in total. The Bertz CT molecular complexity index is 553. The molecule has 0 atom stereocenters. The first-order valence-electron chi connectivity index (χ1n) is 6.61. The molecule has 0 aliphatic carbocycles. The predicted octanol–water partition coefficient (Wildman–Crippen LogP) is 1.30. The quantitative estimate of drug-likeness (QED) is 0.284. The van der Waals surface area contributed by atoms with Gasteiger partial charge in [0.2, 0.25) is 0 Å². The van der Waals surface area contributed by atoms with Gasteiger partial charge in [0.25, 0.3) is 5.69 Å². The van der Waals surface area contributed by atoms with E-state index in [0.29, 0.717) is 24.3 Å². The zero-order valence-corrected chi connectivity index (χ0v) is 11.7. The van der Waals surface area contributed by atoms with Gasteiger partial charge in [0, 0.05) is 31.8 Å². The van der Waals surface area contributed by atoms with Crippen molar-refractivity contribution in [2.24, 2.45) is 10.9 Å². The Kier molecular flexibility index (Phi) is 4.59. The number of nitrogens with two attached hydrogens (primary N) is 1. The molecule has 8 heteroatoms. The highest BCUT2D eigenvalue weighted by Gasteiger charge is 2.25. The van der Waals surface area contributed by atoms with Crippen LogP contribution in [0.2, 0.25) is 0 Å². The number of amidine groups is 1. The third kappa shape index (κ3) is 3.22. The van der Waals surface area contributed by atoms with E-state index in [2.05, 4.69) is 5.16 Å². The fourth-order valence-electron chi connectivity index (χ4n) is 2.49. The molecule has 0 radical (unpaired) electrons. The van der Waals surface area contributed by atoms with Gasteiger partial charge in [-0.15, -0.1) is 0 Å². The molecule has 2 rings (SSSR count). The lowest BCUT2D eigenvalue weighted by Crippen LogP contribution is -2.37. The van der Waals surface area contributed by atoms with Crippen molar-refractivity contribution in [3.63, 3.8) is 0 Å². The normalized spacial score (nSPS) is 17.0. The van der Waals surface area contributed by atoms with Crippen LogP contribution < -0.4 is 10.6 Å². The van der Waals surface area contributed by atoms with Crippen LogP contribution in [0, 0.1) is 10.1 Å².